The van der Waals surface area contributed by atoms with Crippen molar-refractivity contribution < 1.29 is 4.79 Å². The van der Waals surface area contributed by atoms with E-state index in [1.54, 1.807) is 19.2 Å². The lowest BCUT2D eigenvalue weighted by atomic mass is 10.1. The highest BCUT2D eigenvalue weighted by molar-refractivity contribution is 6.34. The molecule has 1 fully saturated rings. The number of carbonyl (C=O) groups is 1. The quantitative estimate of drug-likeness (QED) is 0.785. The molecule has 1 aliphatic carbocycles. The maximum Gasteiger partial charge on any atom is 0.252 e. The Morgan fingerprint density at radius 3 is 2.83 bits per heavy atom. The highest BCUT2D eigenvalue weighted by atomic mass is 35.5. The number of benzene rings is 1. The van der Waals surface area contributed by atoms with Crippen LogP contribution in [0.3, 0.4) is 0 Å². The molecule has 2 unspecified atom stereocenters. The van der Waals surface area contributed by atoms with Gasteiger partial charge in [0.15, 0.2) is 0 Å². The molecule has 1 aromatic carbocycles. The van der Waals surface area contributed by atoms with Crippen molar-refractivity contribution in [3.63, 3.8) is 0 Å². The minimum absolute atomic E-state index is 0.174. The molecule has 0 aromatic heterocycles. The van der Waals surface area contributed by atoms with E-state index in [4.69, 9.17) is 17.3 Å². The second-order valence-electron chi connectivity index (χ2n) is 4.69. The van der Waals surface area contributed by atoms with Gasteiger partial charge in [0.25, 0.3) is 5.91 Å². The van der Waals surface area contributed by atoms with Gasteiger partial charge in [-0.05, 0) is 37.5 Å². The van der Waals surface area contributed by atoms with Gasteiger partial charge in [0.1, 0.15) is 0 Å². The molecule has 1 aliphatic rings. The molecule has 1 aromatic rings. The molecule has 4 N–H and O–H groups in total. The van der Waals surface area contributed by atoms with Gasteiger partial charge >= 0.3 is 0 Å². The fourth-order valence-electron chi connectivity index (χ4n) is 2.31. The van der Waals surface area contributed by atoms with Gasteiger partial charge < -0.3 is 16.4 Å². The summed E-state index contributed by atoms with van der Waals surface area (Å²) in [6.45, 7) is 0. The largest absolute Gasteiger partial charge is 0.382 e. The van der Waals surface area contributed by atoms with Crippen LogP contribution in [0.4, 0.5) is 5.69 Å². The van der Waals surface area contributed by atoms with Gasteiger partial charge in [-0.15, -0.1) is 0 Å². The summed E-state index contributed by atoms with van der Waals surface area (Å²) in [4.78, 5) is 11.6. The molecule has 98 valence electrons. The van der Waals surface area contributed by atoms with Crippen LogP contribution in [-0.4, -0.2) is 25.0 Å². The molecule has 5 heteroatoms. The standard InChI is InChI=1S/C13H18ClN3O/c1-16-13(18)11-7-10(4-5-12(11)14)17-9-3-2-8(15)6-9/h4-5,7-9,17H,2-3,6,15H2,1H3,(H,16,18). The van der Waals surface area contributed by atoms with Crippen LogP contribution in [0, 0.1) is 0 Å². The summed E-state index contributed by atoms with van der Waals surface area (Å²) < 4.78 is 0. The van der Waals surface area contributed by atoms with Crippen LogP contribution in [0.25, 0.3) is 0 Å². The third kappa shape index (κ3) is 2.94. The van der Waals surface area contributed by atoms with Crippen molar-refractivity contribution in [3.8, 4) is 0 Å². The van der Waals surface area contributed by atoms with Gasteiger partial charge in [0.05, 0.1) is 10.6 Å². The first-order valence-electron chi connectivity index (χ1n) is 6.14. The maximum absolute atomic E-state index is 11.6. The lowest BCUT2D eigenvalue weighted by Gasteiger charge is -2.15. The molecular weight excluding hydrogens is 250 g/mol. The predicted octanol–water partition coefficient (Wildman–Crippen LogP) is 1.99. The van der Waals surface area contributed by atoms with E-state index in [-0.39, 0.29) is 11.9 Å². The number of anilines is 1. The molecule has 0 heterocycles. The van der Waals surface area contributed by atoms with E-state index >= 15 is 0 Å². The van der Waals surface area contributed by atoms with Crippen molar-refractivity contribution in [3.05, 3.63) is 28.8 Å². The van der Waals surface area contributed by atoms with Crippen molar-refractivity contribution in [1.82, 2.24) is 5.32 Å². The Balaban J connectivity index is 2.12. The fourth-order valence-corrected chi connectivity index (χ4v) is 2.51. The van der Waals surface area contributed by atoms with Gasteiger partial charge in [-0.3, -0.25) is 4.79 Å². The number of carbonyl (C=O) groups excluding carboxylic acids is 1. The zero-order valence-electron chi connectivity index (χ0n) is 10.4. The van der Waals surface area contributed by atoms with Crippen molar-refractivity contribution in [2.24, 2.45) is 5.73 Å². The first kappa shape index (κ1) is 13.2. The molecular formula is C13H18ClN3O. The second-order valence-corrected chi connectivity index (χ2v) is 5.10. The molecule has 0 aliphatic heterocycles. The smallest absolute Gasteiger partial charge is 0.252 e. The monoisotopic (exact) mass is 267 g/mol. The van der Waals surface area contributed by atoms with E-state index in [2.05, 4.69) is 10.6 Å². The summed E-state index contributed by atoms with van der Waals surface area (Å²) in [5.74, 6) is -0.174. The highest BCUT2D eigenvalue weighted by Crippen LogP contribution is 2.25. The third-order valence-corrected chi connectivity index (χ3v) is 3.61. The molecule has 4 nitrogen and oxygen atoms in total. The van der Waals surface area contributed by atoms with Gasteiger partial charge in [0.2, 0.25) is 0 Å². The Kier molecular flexibility index (Phi) is 4.09. The van der Waals surface area contributed by atoms with E-state index in [0.29, 0.717) is 16.6 Å². The molecule has 0 spiro atoms. The maximum atomic E-state index is 11.6. The Labute approximate surface area is 112 Å². The lowest BCUT2D eigenvalue weighted by molar-refractivity contribution is 0.0963. The molecule has 0 saturated heterocycles. The summed E-state index contributed by atoms with van der Waals surface area (Å²) in [6.07, 6.45) is 3.09. The Hall–Kier alpha value is -1.26. The lowest BCUT2D eigenvalue weighted by Crippen LogP contribution is -2.21. The minimum atomic E-state index is -0.174. The summed E-state index contributed by atoms with van der Waals surface area (Å²) in [5, 5.41) is 6.44. The molecule has 1 saturated carbocycles. The Bertz CT molecular complexity index is 450. The first-order chi connectivity index (χ1) is 8.60. The van der Waals surface area contributed by atoms with Gasteiger partial charge in [-0.25, -0.2) is 0 Å². The second kappa shape index (κ2) is 5.59. The van der Waals surface area contributed by atoms with E-state index in [1.165, 1.54) is 0 Å². The number of rotatable bonds is 3. The molecule has 0 bridgehead atoms. The topological polar surface area (TPSA) is 67.2 Å². The minimum Gasteiger partial charge on any atom is -0.382 e. The normalized spacial score (nSPS) is 22.8. The highest BCUT2D eigenvalue weighted by Gasteiger charge is 2.21. The van der Waals surface area contributed by atoms with Crippen LogP contribution in [0.2, 0.25) is 5.02 Å². The average Bonchev–Trinajstić information content (AvgIpc) is 2.76. The van der Waals surface area contributed by atoms with E-state index in [9.17, 15) is 4.79 Å². The number of hydrogen-bond donors (Lipinski definition) is 3. The first-order valence-corrected chi connectivity index (χ1v) is 6.51. The van der Waals surface area contributed by atoms with Crippen molar-refractivity contribution in [1.29, 1.82) is 0 Å². The fraction of sp³-hybridized carbons (Fsp3) is 0.462. The van der Waals surface area contributed by atoms with Gasteiger partial charge in [-0.1, -0.05) is 11.6 Å². The van der Waals surface area contributed by atoms with Gasteiger partial charge in [0, 0.05) is 24.8 Å². The summed E-state index contributed by atoms with van der Waals surface area (Å²) in [7, 11) is 1.59. The van der Waals surface area contributed by atoms with Crippen molar-refractivity contribution >= 4 is 23.2 Å². The van der Waals surface area contributed by atoms with Crippen LogP contribution >= 0.6 is 11.6 Å². The Morgan fingerprint density at radius 1 is 1.44 bits per heavy atom. The summed E-state index contributed by atoms with van der Waals surface area (Å²) in [5.41, 5.74) is 7.28. The number of halogens is 1. The van der Waals surface area contributed by atoms with E-state index in [1.807, 2.05) is 6.07 Å². The molecule has 18 heavy (non-hydrogen) atoms. The number of nitrogens with one attached hydrogen (secondary N) is 2. The van der Waals surface area contributed by atoms with Crippen LogP contribution in [-0.2, 0) is 0 Å². The zero-order valence-corrected chi connectivity index (χ0v) is 11.1. The van der Waals surface area contributed by atoms with E-state index in [0.717, 1.165) is 24.9 Å². The molecule has 2 atom stereocenters. The summed E-state index contributed by atoms with van der Waals surface area (Å²) in [6, 6.07) is 6.08. The number of amides is 1. The van der Waals surface area contributed by atoms with E-state index < -0.39 is 0 Å². The van der Waals surface area contributed by atoms with Crippen LogP contribution in [0.15, 0.2) is 18.2 Å². The van der Waals surface area contributed by atoms with Crippen molar-refractivity contribution in [2.45, 2.75) is 31.3 Å². The SMILES string of the molecule is CNC(=O)c1cc(NC2CCC(N)C2)ccc1Cl. The zero-order chi connectivity index (χ0) is 13.1. The van der Waals surface area contributed by atoms with Crippen molar-refractivity contribution in [2.75, 3.05) is 12.4 Å². The predicted molar refractivity (Wildman–Crippen MR) is 74.1 cm³/mol. The summed E-state index contributed by atoms with van der Waals surface area (Å²) >= 11 is 6.00. The van der Waals surface area contributed by atoms with Gasteiger partial charge in [-0.2, -0.15) is 0 Å². The Morgan fingerprint density at radius 2 is 2.22 bits per heavy atom. The number of hydrogen-bond acceptors (Lipinski definition) is 3. The van der Waals surface area contributed by atoms with Crippen LogP contribution < -0.4 is 16.4 Å². The molecule has 1 amide bonds. The number of nitrogens with two attached hydrogens (primary N) is 1. The molecule has 2 rings (SSSR count). The average molecular weight is 268 g/mol. The van der Waals surface area contributed by atoms with Crippen LogP contribution in [0.1, 0.15) is 29.6 Å². The third-order valence-electron chi connectivity index (χ3n) is 3.28. The molecule has 0 radical (unpaired) electrons. The van der Waals surface area contributed by atoms with Crippen LogP contribution in [0.5, 0.6) is 0 Å².